The monoisotopic (exact) mass is 316 g/mol. The molecule has 0 spiro atoms. The number of sulfonamides is 1. The Morgan fingerprint density at radius 1 is 1.50 bits per heavy atom. The van der Waals surface area contributed by atoms with Gasteiger partial charge in [0, 0.05) is 18.3 Å². The van der Waals surface area contributed by atoms with E-state index in [1.165, 1.54) is 7.11 Å². The largest absolute Gasteiger partial charge is 0.495 e. The lowest BCUT2D eigenvalue weighted by Crippen LogP contribution is -2.30. The first-order chi connectivity index (χ1) is 9.56. The molecule has 1 saturated heterocycles. The second kappa shape index (κ2) is 6.80. The molecule has 3 N–H and O–H groups in total. The second-order valence-corrected chi connectivity index (χ2v) is 7.82. The van der Waals surface area contributed by atoms with E-state index >= 15 is 0 Å². The third-order valence-corrected chi connectivity index (χ3v) is 6.14. The average Bonchev–Trinajstić information content (AvgIpc) is 2.97. The molecule has 1 unspecified atom stereocenters. The normalized spacial score (nSPS) is 19.2. The Bertz CT molecular complexity index is 555. The number of nitrogens with two attached hydrogens (primary N) is 1. The Labute approximate surface area is 124 Å². The van der Waals surface area contributed by atoms with Crippen LogP contribution in [0.25, 0.3) is 0 Å². The average molecular weight is 316 g/mol. The summed E-state index contributed by atoms with van der Waals surface area (Å²) in [5.74, 6) is 1.44. The first-order valence-corrected chi connectivity index (χ1v) is 9.08. The van der Waals surface area contributed by atoms with Crippen LogP contribution in [0.5, 0.6) is 5.75 Å². The van der Waals surface area contributed by atoms with Crippen molar-refractivity contribution >= 4 is 21.8 Å². The van der Waals surface area contributed by atoms with Gasteiger partial charge in [0.1, 0.15) is 10.6 Å². The van der Waals surface area contributed by atoms with E-state index in [2.05, 4.69) is 4.72 Å². The molecule has 0 amide bonds. The van der Waals surface area contributed by atoms with Crippen LogP contribution in [0.1, 0.15) is 18.4 Å². The summed E-state index contributed by atoms with van der Waals surface area (Å²) in [5, 5.41) is 0.374. The maximum atomic E-state index is 12.3. The van der Waals surface area contributed by atoms with Gasteiger partial charge >= 0.3 is 0 Å². The summed E-state index contributed by atoms with van der Waals surface area (Å²) >= 11 is 1.82. The molecule has 0 aliphatic carbocycles. The summed E-state index contributed by atoms with van der Waals surface area (Å²) in [6.45, 7) is 0.817. The Hall–Kier alpha value is -0.760. The maximum Gasteiger partial charge on any atom is 0.244 e. The fraction of sp³-hybridized carbons (Fsp3) is 0.538. The summed E-state index contributed by atoms with van der Waals surface area (Å²) < 4.78 is 32.5. The van der Waals surface area contributed by atoms with E-state index in [1.807, 2.05) is 11.8 Å². The smallest absolute Gasteiger partial charge is 0.244 e. The quantitative estimate of drug-likeness (QED) is 0.827. The van der Waals surface area contributed by atoms with Gasteiger partial charge in [0.05, 0.1) is 7.11 Å². The van der Waals surface area contributed by atoms with E-state index in [1.54, 1.807) is 18.2 Å². The van der Waals surface area contributed by atoms with Gasteiger partial charge in [-0.2, -0.15) is 11.8 Å². The lowest BCUT2D eigenvalue weighted by molar-refractivity contribution is 0.401. The lowest BCUT2D eigenvalue weighted by Gasteiger charge is -2.14. The van der Waals surface area contributed by atoms with Gasteiger partial charge in [0.15, 0.2) is 0 Å². The fourth-order valence-electron chi connectivity index (χ4n) is 2.15. The predicted molar refractivity (Wildman–Crippen MR) is 81.6 cm³/mol. The molecular weight excluding hydrogens is 296 g/mol. The zero-order chi connectivity index (χ0) is 14.6. The molecule has 20 heavy (non-hydrogen) atoms. The SMILES string of the molecule is COc1cc(CN)ccc1S(=O)(=O)NCC1CCCS1. The molecule has 5 nitrogen and oxygen atoms in total. The molecule has 1 atom stereocenters. The molecule has 0 aromatic heterocycles. The van der Waals surface area contributed by atoms with Gasteiger partial charge < -0.3 is 10.5 Å². The Kier molecular flexibility index (Phi) is 5.31. The summed E-state index contributed by atoms with van der Waals surface area (Å²) in [6.07, 6.45) is 2.22. The number of nitrogens with one attached hydrogen (secondary N) is 1. The molecule has 112 valence electrons. The first kappa shape index (κ1) is 15.6. The van der Waals surface area contributed by atoms with E-state index in [0.29, 0.717) is 24.1 Å². The van der Waals surface area contributed by atoms with Crippen molar-refractivity contribution in [3.8, 4) is 5.75 Å². The van der Waals surface area contributed by atoms with Gasteiger partial charge in [-0.1, -0.05) is 6.07 Å². The lowest BCUT2D eigenvalue weighted by atomic mass is 10.2. The molecular formula is C13H20N2O3S2. The maximum absolute atomic E-state index is 12.3. The van der Waals surface area contributed by atoms with Crippen LogP contribution >= 0.6 is 11.8 Å². The van der Waals surface area contributed by atoms with Crippen LogP contribution < -0.4 is 15.2 Å². The van der Waals surface area contributed by atoms with Gasteiger partial charge in [-0.15, -0.1) is 0 Å². The van der Waals surface area contributed by atoms with E-state index in [9.17, 15) is 8.42 Å². The standard InChI is InChI=1S/C13H20N2O3S2/c1-18-12-7-10(8-14)4-5-13(12)20(16,17)15-9-11-3-2-6-19-11/h4-5,7,11,15H,2-3,6,8-9,14H2,1H3. The second-order valence-electron chi connectivity index (χ2n) is 4.68. The highest BCUT2D eigenvalue weighted by Gasteiger charge is 2.23. The van der Waals surface area contributed by atoms with Gasteiger partial charge in [-0.25, -0.2) is 13.1 Å². The molecule has 0 saturated carbocycles. The molecule has 1 heterocycles. The van der Waals surface area contributed by atoms with Crippen LogP contribution in [0.4, 0.5) is 0 Å². The Balaban J connectivity index is 2.15. The minimum Gasteiger partial charge on any atom is -0.495 e. The minimum atomic E-state index is -3.54. The Morgan fingerprint density at radius 2 is 2.30 bits per heavy atom. The van der Waals surface area contributed by atoms with Crippen molar-refractivity contribution in [3.63, 3.8) is 0 Å². The van der Waals surface area contributed by atoms with Gasteiger partial charge in [-0.05, 0) is 36.3 Å². The predicted octanol–water partition coefficient (Wildman–Crippen LogP) is 1.33. The van der Waals surface area contributed by atoms with Crippen molar-refractivity contribution in [1.29, 1.82) is 0 Å². The van der Waals surface area contributed by atoms with Gasteiger partial charge in [0.2, 0.25) is 10.0 Å². The number of hydrogen-bond acceptors (Lipinski definition) is 5. The molecule has 0 radical (unpaired) electrons. The summed E-state index contributed by atoms with van der Waals surface area (Å²) in [4.78, 5) is 0.167. The van der Waals surface area contributed by atoms with Gasteiger partial charge in [0.25, 0.3) is 0 Å². The number of hydrogen-bond donors (Lipinski definition) is 2. The molecule has 7 heteroatoms. The van der Waals surface area contributed by atoms with Crippen molar-refractivity contribution in [3.05, 3.63) is 23.8 Å². The molecule has 1 aliphatic rings. The van der Waals surface area contributed by atoms with Crippen molar-refractivity contribution in [2.24, 2.45) is 5.73 Å². The van der Waals surface area contributed by atoms with Crippen molar-refractivity contribution in [2.45, 2.75) is 29.5 Å². The molecule has 1 aromatic rings. The molecule has 1 aliphatic heterocycles. The number of methoxy groups -OCH3 is 1. The van der Waals surface area contributed by atoms with Crippen molar-refractivity contribution in [1.82, 2.24) is 4.72 Å². The molecule has 1 fully saturated rings. The van der Waals surface area contributed by atoms with Crippen LogP contribution in [0, 0.1) is 0 Å². The van der Waals surface area contributed by atoms with E-state index in [4.69, 9.17) is 10.5 Å². The zero-order valence-corrected chi connectivity index (χ0v) is 13.1. The third kappa shape index (κ3) is 3.66. The number of rotatable bonds is 6. The summed E-state index contributed by atoms with van der Waals surface area (Å²) in [5.41, 5.74) is 6.39. The van der Waals surface area contributed by atoms with Gasteiger partial charge in [-0.3, -0.25) is 0 Å². The summed E-state index contributed by atoms with van der Waals surface area (Å²) in [7, 11) is -2.08. The van der Waals surface area contributed by atoms with Crippen LogP contribution in [-0.2, 0) is 16.6 Å². The highest BCUT2D eigenvalue weighted by Crippen LogP contribution is 2.27. The minimum absolute atomic E-state index is 0.167. The van der Waals surface area contributed by atoms with Crippen LogP contribution in [0.2, 0.25) is 0 Å². The van der Waals surface area contributed by atoms with Crippen molar-refractivity contribution in [2.75, 3.05) is 19.4 Å². The molecule has 2 rings (SSSR count). The van der Waals surface area contributed by atoms with Crippen LogP contribution in [-0.4, -0.2) is 33.1 Å². The van der Waals surface area contributed by atoms with Crippen LogP contribution in [0.15, 0.2) is 23.1 Å². The van der Waals surface area contributed by atoms with E-state index < -0.39 is 10.0 Å². The Morgan fingerprint density at radius 3 is 2.90 bits per heavy atom. The third-order valence-electron chi connectivity index (χ3n) is 3.28. The highest BCUT2D eigenvalue weighted by molar-refractivity contribution is 8.00. The molecule has 0 bridgehead atoms. The van der Waals surface area contributed by atoms with E-state index in [0.717, 1.165) is 24.2 Å². The van der Waals surface area contributed by atoms with Crippen LogP contribution in [0.3, 0.4) is 0 Å². The van der Waals surface area contributed by atoms with Crippen molar-refractivity contribution < 1.29 is 13.2 Å². The topological polar surface area (TPSA) is 81.4 Å². The zero-order valence-electron chi connectivity index (χ0n) is 11.5. The summed E-state index contributed by atoms with van der Waals surface area (Å²) in [6, 6.07) is 4.92. The first-order valence-electron chi connectivity index (χ1n) is 6.55. The van der Waals surface area contributed by atoms with E-state index in [-0.39, 0.29) is 4.90 Å². The number of ether oxygens (including phenoxy) is 1. The number of thioether (sulfide) groups is 1. The molecule has 1 aromatic carbocycles. The number of benzene rings is 1. The highest BCUT2D eigenvalue weighted by atomic mass is 32.2. The fourth-order valence-corrected chi connectivity index (χ4v) is 4.68.